The summed E-state index contributed by atoms with van der Waals surface area (Å²) in [5.74, 6) is 0.513. The van der Waals surface area contributed by atoms with Crippen molar-refractivity contribution in [2.75, 3.05) is 6.54 Å². The van der Waals surface area contributed by atoms with Gasteiger partial charge in [0.1, 0.15) is 0 Å². The van der Waals surface area contributed by atoms with Crippen molar-refractivity contribution in [2.24, 2.45) is 11.7 Å². The average Bonchev–Trinajstić information content (AvgIpc) is 2.76. The molecular weight excluding hydrogens is 290 g/mol. The van der Waals surface area contributed by atoms with E-state index >= 15 is 0 Å². The maximum Gasteiger partial charge on any atom is 0.0583 e. The van der Waals surface area contributed by atoms with Crippen LogP contribution in [0.25, 0.3) is 0 Å². The lowest BCUT2D eigenvalue weighted by atomic mass is 9.93. The standard InChI is InChI=1S/C15H22BrNO/c1-11-6-7-14(18-11)9-12(10-17)8-13-4-2-3-5-15(13)16/h2-5,11-12,14H,6-10,17H2,1H3. The molecule has 3 unspecified atom stereocenters. The molecule has 0 amide bonds. The van der Waals surface area contributed by atoms with E-state index in [1.807, 2.05) is 6.07 Å². The lowest BCUT2D eigenvalue weighted by Gasteiger charge is -2.20. The van der Waals surface area contributed by atoms with E-state index in [0.29, 0.717) is 18.1 Å². The molecule has 18 heavy (non-hydrogen) atoms. The molecule has 1 aliphatic rings. The molecule has 1 aromatic rings. The lowest BCUT2D eigenvalue weighted by Crippen LogP contribution is -2.23. The van der Waals surface area contributed by atoms with Crippen LogP contribution < -0.4 is 5.73 Å². The molecule has 1 fully saturated rings. The highest BCUT2D eigenvalue weighted by atomic mass is 79.9. The summed E-state index contributed by atoms with van der Waals surface area (Å²) in [5, 5.41) is 0. The minimum atomic E-state index is 0.413. The van der Waals surface area contributed by atoms with Gasteiger partial charge in [-0.25, -0.2) is 0 Å². The highest BCUT2D eigenvalue weighted by Gasteiger charge is 2.24. The topological polar surface area (TPSA) is 35.2 Å². The van der Waals surface area contributed by atoms with Crippen molar-refractivity contribution in [3.63, 3.8) is 0 Å². The predicted octanol–water partition coefficient (Wildman–Crippen LogP) is 3.52. The van der Waals surface area contributed by atoms with Gasteiger partial charge in [-0.05, 0) is 56.7 Å². The third kappa shape index (κ3) is 3.81. The van der Waals surface area contributed by atoms with Crippen LogP contribution in [0.2, 0.25) is 0 Å². The largest absolute Gasteiger partial charge is 0.375 e. The smallest absolute Gasteiger partial charge is 0.0583 e. The Morgan fingerprint density at radius 1 is 1.39 bits per heavy atom. The monoisotopic (exact) mass is 311 g/mol. The average molecular weight is 312 g/mol. The molecular formula is C15H22BrNO. The maximum atomic E-state index is 5.91. The van der Waals surface area contributed by atoms with Crippen molar-refractivity contribution in [2.45, 2.75) is 44.8 Å². The Labute approximate surface area is 118 Å². The van der Waals surface area contributed by atoms with Gasteiger partial charge in [0.05, 0.1) is 12.2 Å². The zero-order valence-corrected chi connectivity index (χ0v) is 12.5. The highest BCUT2D eigenvalue weighted by molar-refractivity contribution is 9.10. The molecule has 0 aliphatic carbocycles. The van der Waals surface area contributed by atoms with Gasteiger partial charge in [-0.2, -0.15) is 0 Å². The first kappa shape index (κ1) is 14.0. The van der Waals surface area contributed by atoms with Crippen molar-refractivity contribution >= 4 is 15.9 Å². The molecule has 100 valence electrons. The van der Waals surface area contributed by atoms with Crippen LogP contribution >= 0.6 is 15.9 Å². The van der Waals surface area contributed by atoms with Crippen LogP contribution in [0, 0.1) is 5.92 Å². The van der Waals surface area contributed by atoms with E-state index in [9.17, 15) is 0 Å². The molecule has 0 radical (unpaired) electrons. The lowest BCUT2D eigenvalue weighted by molar-refractivity contribution is 0.0415. The molecule has 2 nitrogen and oxygen atoms in total. The van der Waals surface area contributed by atoms with Gasteiger partial charge in [0, 0.05) is 4.47 Å². The van der Waals surface area contributed by atoms with Crippen LogP contribution in [0.4, 0.5) is 0 Å². The van der Waals surface area contributed by atoms with E-state index < -0.39 is 0 Å². The Morgan fingerprint density at radius 3 is 2.78 bits per heavy atom. The van der Waals surface area contributed by atoms with Crippen molar-refractivity contribution in [3.8, 4) is 0 Å². The van der Waals surface area contributed by atoms with Crippen molar-refractivity contribution in [3.05, 3.63) is 34.3 Å². The van der Waals surface area contributed by atoms with Crippen molar-refractivity contribution in [1.29, 1.82) is 0 Å². The summed E-state index contributed by atoms with van der Waals surface area (Å²) in [6.07, 6.45) is 5.34. The summed E-state index contributed by atoms with van der Waals surface area (Å²) in [4.78, 5) is 0. The van der Waals surface area contributed by atoms with Gasteiger partial charge in [-0.15, -0.1) is 0 Å². The highest BCUT2D eigenvalue weighted by Crippen LogP contribution is 2.27. The first-order chi connectivity index (χ1) is 8.69. The van der Waals surface area contributed by atoms with Gasteiger partial charge < -0.3 is 10.5 Å². The second kappa shape index (κ2) is 6.69. The SMILES string of the molecule is CC1CCC(CC(CN)Cc2ccccc2Br)O1. The van der Waals surface area contributed by atoms with Crippen LogP contribution in [0.15, 0.2) is 28.7 Å². The van der Waals surface area contributed by atoms with Crippen LogP contribution in [0.3, 0.4) is 0 Å². The number of hydrogen-bond acceptors (Lipinski definition) is 2. The number of benzene rings is 1. The van der Waals surface area contributed by atoms with Crippen molar-refractivity contribution < 1.29 is 4.74 Å². The number of hydrogen-bond donors (Lipinski definition) is 1. The van der Waals surface area contributed by atoms with Crippen molar-refractivity contribution in [1.82, 2.24) is 0 Å². The zero-order chi connectivity index (χ0) is 13.0. The van der Waals surface area contributed by atoms with E-state index in [4.69, 9.17) is 10.5 Å². The molecule has 0 bridgehead atoms. The normalized spacial score (nSPS) is 25.3. The van der Waals surface area contributed by atoms with E-state index in [2.05, 4.69) is 41.1 Å². The van der Waals surface area contributed by atoms with E-state index in [0.717, 1.165) is 19.4 Å². The first-order valence-electron chi connectivity index (χ1n) is 6.78. The molecule has 1 aromatic carbocycles. The number of nitrogens with two attached hydrogens (primary N) is 1. The summed E-state index contributed by atoms with van der Waals surface area (Å²) in [6.45, 7) is 2.89. The van der Waals surface area contributed by atoms with Gasteiger partial charge in [0.15, 0.2) is 0 Å². The second-order valence-electron chi connectivity index (χ2n) is 5.28. The number of halogens is 1. The van der Waals surface area contributed by atoms with Gasteiger partial charge in [-0.1, -0.05) is 34.1 Å². The molecule has 2 N–H and O–H groups in total. The first-order valence-corrected chi connectivity index (χ1v) is 7.57. The van der Waals surface area contributed by atoms with Gasteiger partial charge >= 0.3 is 0 Å². The third-order valence-electron chi connectivity index (χ3n) is 3.72. The molecule has 0 spiro atoms. The molecule has 0 aromatic heterocycles. The summed E-state index contributed by atoms with van der Waals surface area (Å²) >= 11 is 3.60. The Morgan fingerprint density at radius 2 is 2.17 bits per heavy atom. The fourth-order valence-corrected chi connectivity index (χ4v) is 3.11. The summed E-state index contributed by atoms with van der Waals surface area (Å²) < 4.78 is 7.08. The summed E-state index contributed by atoms with van der Waals surface area (Å²) in [6, 6.07) is 8.40. The predicted molar refractivity (Wildman–Crippen MR) is 78.6 cm³/mol. The number of rotatable bonds is 5. The third-order valence-corrected chi connectivity index (χ3v) is 4.49. The number of ether oxygens (including phenoxy) is 1. The molecule has 0 saturated carbocycles. The van der Waals surface area contributed by atoms with E-state index in [1.54, 1.807) is 0 Å². The van der Waals surface area contributed by atoms with Crippen LogP contribution in [-0.2, 0) is 11.2 Å². The molecule has 3 atom stereocenters. The van der Waals surface area contributed by atoms with Gasteiger partial charge in [0.2, 0.25) is 0 Å². The molecule has 1 heterocycles. The minimum Gasteiger partial charge on any atom is -0.375 e. The van der Waals surface area contributed by atoms with E-state index in [-0.39, 0.29) is 0 Å². The van der Waals surface area contributed by atoms with Crippen LogP contribution in [0.1, 0.15) is 31.7 Å². The summed E-state index contributed by atoms with van der Waals surface area (Å²) in [7, 11) is 0. The zero-order valence-electron chi connectivity index (χ0n) is 10.9. The summed E-state index contributed by atoms with van der Waals surface area (Å²) in [5.41, 5.74) is 7.26. The quantitative estimate of drug-likeness (QED) is 0.903. The Bertz CT molecular complexity index is 383. The van der Waals surface area contributed by atoms with Gasteiger partial charge in [-0.3, -0.25) is 0 Å². The fourth-order valence-electron chi connectivity index (χ4n) is 2.67. The van der Waals surface area contributed by atoms with Crippen LogP contribution in [0.5, 0.6) is 0 Å². The molecule has 3 heteroatoms. The van der Waals surface area contributed by atoms with Gasteiger partial charge in [0.25, 0.3) is 0 Å². The van der Waals surface area contributed by atoms with E-state index in [1.165, 1.54) is 22.9 Å². The minimum absolute atomic E-state index is 0.413. The van der Waals surface area contributed by atoms with Crippen LogP contribution in [-0.4, -0.2) is 18.8 Å². The fraction of sp³-hybridized carbons (Fsp3) is 0.600. The second-order valence-corrected chi connectivity index (χ2v) is 6.13. The Kier molecular flexibility index (Phi) is 5.22. The Hall–Kier alpha value is -0.380. The molecule has 1 aliphatic heterocycles. The maximum absolute atomic E-state index is 5.91. The Balaban J connectivity index is 1.91. The molecule has 2 rings (SSSR count). The molecule has 1 saturated heterocycles.